The maximum Gasteiger partial charge on any atom is 0.326 e. The summed E-state index contributed by atoms with van der Waals surface area (Å²) >= 11 is 0. The Morgan fingerprint density at radius 2 is 1.67 bits per heavy atom. The predicted octanol–water partition coefficient (Wildman–Crippen LogP) is 2.96. The van der Waals surface area contributed by atoms with E-state index in [9.17, 15) is 9.59 Å². The van der Waals surface area contributed by atoms with Crippen LogP contribution in [0.4, 0.5) is 0 Å². The van der Waals surface area contributed by atoms with Crippen LogP contribution in [0.3, 0.4) is 0 Å². The molecule has 4 heteroatoms. The lowest BCUT2D eigenvalue weighted by Gasteiger charge is -2.56. The quantitative estimate of drug-likeness (QED) is 0.791. The van der Waals surface area contributed by atoms with Crippen molar-refractivity contribution in [3.63, 3.8) is 0 Å². The third-order valence-corrected chi connectivity index (χ3v) is 5.91. The van der Waals surface area contributed by atoms with Crippen LogP contribution in [-0.4, -0.2) is 23.0 Å². The SMILES string of the molecule is CCC[C@@H](NC(=O)CC12CC3CC(CC(C3)C1)C2)C(=O)O. The van der Waals surface area contributed by atoms with Gasteiger partial charge in [-0.3, -0.25) is 4.79 Å². The minimum atomic E-state index is -0.907. The summed E-state index contributed by atoms with van der Waals surface area (Å²) in [6, 6.07) is -0.712. The Labute approximate surface area is 126 Å². The van der Waals surface area contributed by atoms with Gasteiger partial charge in [-0.2, -0.15) is 0 Å². The first-order valence-corrected chi connectivity index (χ1v) is 8.52. The Bertz CT molecular complexity index is 396. The number of carboxylic acids is 1. The van der Waals surface area contributed by atoms with Crippen LogP contribution in [-0.2, 0) is 9.59 Å². The van der Waals surface area contributed by atoms with Crippen LogP contribution in [0.5, 0.6) is 0 Å². The molecular weight excluding hydrogens is 266 g/mol. The van der Waals surface area contributed by atoms with Crippen molar-refractivity contribution in [2.45, 2.75) is 70.8 Å². The zero-order valence-corrected chi connectivity index (χ0v) is 12.9. The van der Waals surface area contributed by atoms with Crippen molar-refractivity contribution in [3.05, 3.63) is 0 Å². The highest BCUT2D eigenvalue weighted by molar-refractivity contribution is 5.83. The van der Waals surface area contributed by atoms with E-state index in [-0.39, 0.29) is 11.3 Å². The van der Waals surface area contributed by atoms with E-state index in [1.807, 2.05) is 6.92 Å². The topological polar surface area (TPSA) is 66.4 Å². The molecule has 0 aromatic heterocycles. The molecule has 4 rings (SSSR count). The van der Waals surface area contributed by atoms with Crippen LogP contribution < -0.4 is 5.32 Å². The fourth-order valence-electron chi connectivity index (χ4n) is 5.64. The Morgan fingerprint density at radius 1 is 1.14 bits per heavy atom. The highest BCUT2D eigenvalue weighted by Crippen LogP contribution is 2.61. The van der Waals surface area contributed by atoms with Gasteiger partial charge in [-0.25, -0.2) is 4.79 Å². The summed E-state index contributed by atoms with van der Waals surface area (Å²) in [5, 5.41) is 11.9. The number of nitrogens with one attached hydrogen (secondary N) is 1. The lowest BCUT2D eigenvalue weighted by molar-refractivity contribution is -0.143. The van der Waals surface area contributed by atoms with Crippen molar-refractivity contribution in [3.8, 4) is 0 Å². The number of aliphatic carboxylic acids is 1. The van der Waals surface area contributed by atoms with Crippen molar-refractivity contribution in [1.82, 2.24) is 5.32 Å². The summed E-state index contributed by atoms with van der Waals surface area (Å²) in [6.07, 6.45) is 9.52. The van der Waals surface area contributed by atoms with E-state index in [0.717, 1.165) is 24.2 Å². The second kappa shape index (κ2) is 5.62. The third kappa shape index (κ3) is 3.09. The molecule has 4 fully saturated rings. The summed E-state index contributed by atoms with van der Waals surface area (Å²) in [5.74, 6) is 1.54. The summed E-state index contributed by atoms with van der Waals surface area (Å²) in [5.41, 5.74) is 0.189. The minimum Gasteiger partial charge on any atom is -0.480 e. The highest BCUT2D eigenvalue weighted by Gasteiger charge is 2.51. The summed E-state index contributed by atoms with van der Waals surface area (Å²) < 4.78 is 0. The molecule has 4 aliphatic rings. The molecular formula is C17H27NO3. The average molecular weight is 293 g/mol. The molecule has 4 saturated carbocycles. The van der Waals surface area contributed by atoms with Gasteiger partial charge in [-0.1, -0.05) is 13.3 Å². The molecule has 118 valence electrons. The summed E-state index contributed by atoms with van der Waals surface area (Å²) in [7, 11) is 0. The van der Waals surface area contributed by atoms with E-state index in [4.69, 9.17) is 5.11 Å². The van der Waals surface area contributed by atoms with Gasteiger partial charge in [0.2, 0.25) is 5.91 Å². The summed E-state index contributed by atoms with van der Waals surface area (Å²) in [4.78, 5) is 23.5. The number of carbonyl (C=O) groups is 2. The van der Waals surface area contributed by atoms with Crippen molar-refractivity contribution in [1.29, 1.82) is 0 Å². The van der Waals surface area contributed by atoms with Gasteiger partial charge < -0.3 is 10.4 Å². The average Bonchev–Trinajstić information content (AvgIpc) is 2.35. The number of rotatable bonds is 6. The maximum atomic E-state index is 12.3. The molecule has 0 aromatic carbocycles. The van der Waals surface area contributed by atoms with E-state index in [0.29, 0.717) is 12.8 Å². The zero-order chi connectivity index (χ0) is 15.0. The Balaban J connectivity index is 1.61. The fourth-order valence-corrected chi connectivity index (χ4v) is 5.64. The Hall–Kier alpha value is -1.06. The first-order valence-electron chi connectivity index (χ1n) is 8.52. The van der Waals surface area contributed by atoms with Gasteiger partial charge in [-0.05, 0) is 68.1 Å². The largest absolute Gasteiger partial charge is 0.480 e. The molecule has 4 aliphatic carbocycles. The van der Waals surface area contributed by atoms with Gasteiger partial charge in [-0.15, -0.1) is 0 Å². The molecule has 0 saturated heterocycles. The van der Waals surface area contributed by atoms with E-state index in [1.165, 1.54) is 38.5 Å². The molecule has 0 unspecified atom stereocenters. The number of hydrogen-bond donors (Lipinski definition) is 2. The second-order valence-electron chi connectivity index (χ2n) is 7.84. The molecule has 0 aliphatic heterocycles. The molecule has 21 heavy (non-hydrogen) atoms. The van der Waals surface area contributed by atoms with E-state index in [2.05, 4.69) is 5.32 Å². The third-order valence-electron chi connectivity index (χ3n) is 5.91. The maximum absolute atomic E-state index is 12.3. The molecule has 4 nitrogen and oxygen atoms in total. The standard InChI is InChI=1S/C17H27NO3/c1-2-3-14(16(20)21)18-15(19)10-17-7-11-4-12(8-17)6-13(5-11)9-17/h11-14H,2-10H2,1H3,(H,18,19)(H,20,21)/t11?,12?,13?,14-,17?/m1/s1. The normalized spacial score (nSPS) is 38.2. The molecule has 0 radical (unpaired) electrons. The lowest BCUT2D eigenvalue weighted by atomic mass is 9.49. The van der Waals surface area contributed by atoms with Gasteiger partial charge in [0.1, 0.15) is 6.04 Å². The van der Waals surface area contributed by atoms with Crippen molar-refractivity contribution in [2.75, 3.05) is 0 Å². The predicted molar refractivity (Wildman–Crippen MR) is 79.7 cm³/mol. The van der Waals surface area contributed by atoms with Gasteiger partial charge in [0.15, 0.2) is 0 Å². The van der Waals surface area contributed by atoms with Crippen molar-refractivity contribution < 1.29 is 14.7 Å². The minimum absolute atomic E-state index is 0.0437. The fraction of sp³-hybridized carbons (Fsp3) is 0.882. The number of hydrogen-bond acceptors (Lipinski definition) is 2. The van der Waals surface area contributed by atoms with Crippen LogP contribution in [0.15, 0.2) is 0 Å². The first kappa shape index (κ1) is 14.9. The lowest BCUT2D eigenvalue weighted by Crippen LogP contribution is -2.49. The van der Waals surface area contributed by atoms with Gasteiger partial charge in [0.25, 0.3) is 0 Å². The van der Waals surface area contributed by atoms with E-state index < -0.39 is 12.0 Å². The van der Waals surface area contributed by atoms with Crippen LogP contribution in [0.25, 0.3) is 0 Å². The molecule has 2 N–H and O–H groups in total. The van der Waals surface area contributed by atoms with Gasteiger partial charge in [0.05, 0.1) is 0 Å². The van der Waals surface area contributed by atoms with Crippen LogP contribution in [0, 0.1) is 23.2 Å². The van der Waals surface area contributed by atoms with Gasteiger partial charge in [0, 0.05) is 6.42 Å². The number of carbonyl (C=O) groups excluding carboxylic acids is 1. The molecule has 0 spiro atoms. The Morgan fingerprint density at radius 3 is 2.10 bits per heavy atom. The highest BCUT2D eigenvalue weighted by atomic mass is 16.4. The monoisotopic (exact) mass is 293 g/mol. The molecule has 1 amide bonds. The molecule has 0 heterocycles. The van der Waals surface area contributed by atoms with Gasteiger partial charge >= 0.3 is 5.97 Å². The zero-order valence-electron chi connectivity index (χ0n) is 12.9. The van der Waals surface area contributed by atoms with E-state index >= 15 is 0 Å². The molecule has 0 aromatic rings. The smallest absolute Gasteiger partial charge is 0.326 e. The number of amides is 1. The molecule has 1 atom stereocenters. The van der Waals surface area contributed by atoms with Crippen LogP contribution in [0.2, 0.25) is 0 Å². The molecule has 4 bridgehead atoms. The summed E-state index contributed by atoms with van der Waals surface area (Å²) in [6.45, 7) is 1.95. The first-order chi connectivity index (χ1) is 9.99. The van der Waals surface area contributed by atoms with Crippen molar-refractivity contribution in [2.24, 2.45) is 23.2 Å². The van der Waals surface area contributed by atoms with Crippen LogP contribution >= 0.6 is 0 Å². The Kier molecular flexibility index (Phi) is 3.98. The van der Waals surface area contributed by atoms with E-state index in [1.54, 1.807) is 0 Å². The van der Waals surface area contributed by atoms with Crippen molar-refractivity contribution >= 4 is 11.9 Å². The van der Waals surface area contributed by atoms with Crippen LogP contribution in [0.1, 0.15) is 64.7 Å². The second-order valence-corrected chi connectivity index (χ2v) is 7.84. The number of carboxylic acid groups (broad SMARTS) is 1.